The molecule has 0 radical (unpaired) electrons. The van der Waals surface area contributed by atoms with Crippen LogP contribution in [0.25, 0.3) is 0 Å². The lowest BCUT2D eigenvalue weighted by molar-refractivity contribution is -0.161. The van der Waals surface area contributed by atoms with Crippen LogP contribution < -0.4 is 4.90 Å². The lowest BCUT2D eigenvalue weighted by Gasteiger charge is -2.22. The summed E-state index contributed by atoms with van der Waals surface area (Å²) in [6.45, 7) is 1.43. The van der Waals surface area contributed by atoms with Crippen LogP contribution in [0.1, 0.15) is 38.2 Å². The number of hydrogen-bond acceptors (Lipinski definition) is 6. The third-order valence-corrected chi connectivity index (χ3v) is 6.24. The van der Waals surface area contributed by atoms with Gasteiger partial charge in [0.05, 0.1) is 11.8 Å². The first kappa shape index (κ1) is 22.8. The number of carbonyl (C=O) groups is 4. The first-order valence-electron chi connectivity index (χ1n) is 10.7. The Bertz CT molecular complexity index is 827. The van der Waals surface area contributed by atoms with Crippen LogP contribution in [-0.4, -0.2) is 67.3 Å². The number of ether oxygens (including phenoxy) is 1. The fourth-order valence-electron chi connectivity index (χ4n) is 4.30. The number of carbonyl (C=O) groups excluding carboxylic acids is 4. The SMILES string of the molecule is C[C@@H](C(=O)OCC(=O)N(C)Cc1ccc(N(C)C)cc1)N1C(=O)[C@@H]2CCCC[C@H]2C1=O. The molecule has 1 heterocycles. The van der Waals surface area contributed by atoms with Gasteiger partial charge in [0.1, 0.15) is 6.04 Å². The van der Waals surface area contributed by atoms with E-state index in [0.29, 0.717) is 19.4 Å². The van der Waals surface area contributed by atoms with E-state index in [2.05, 4.69) is 0 Å². The van der Waals surface area contributed by atoms with Gasteiger partial charge in [-0.05, 0) is 37.5 Å². The van der Waals surface area contributed by atoms with Gasteiger partial charge in [0.15, 0.2) is 6.61 Å². The predicted octanol–water partition coefficient (Wildman–Crippen LogP) is 1.82. The number of likely N-dealkylation sites (N-methyl/N-ethyl adjacent to an activating group) is 1. The lowest BCUT2D eigenvalue weighted by atomic mass is 9.81. The first-order valence-corrected chi connectivity index (χ1v) is 10.7. The molecule has 1 saturated carbocycles. The van der Waals surface area contributed by atoms with E-state index in [1.165, 1.54) is 11.8 Å². The fourth-order valence-corrected chi connectivity index (χ4v) is 4.30. The van der Waals surface area contributed by atoms with Gasteiger partial charge >= 0.3 is 5.97 Å². The molecule has 8 heteroatoms. The molecule has 0 spiro atoms. The lowest BCUT2D eigenvalue weighted by Crippen LogP contribution is -2.45. The minimum absolute atomic E-state index is 0.288. The molecule has 168 valence electrons. The maximum Gasteiger partial charge on any atom is 0.329 e. The van der Waals surface area contributed by atoms with E-state index < -0.39 is 18.6 Å². The number of imide groups is 1. The summed E-state index contributed by atoms with van der Waals surface area (Å²) in [5.74, 6) is -2.30. The number of nitrogens with zero attached hydrogens (tertiary/aromatic N) is 3. The summed E-state index contributed by atoms with van der Waals surface area (Å²) in [4.78, 5) is 54.6. The van der Waals surface area contributed by atoms with Crippen molar-refractivity contribution in [1.82, 2.24) is 9.80 Å². The van der Waals surface area contributed by atoms with Crippen LogP contribution in [0.4, 0.5) is 5.69 Å². The molecule has 1 saturated heterocycles. The van der Waals surface area contributed by atoms with Gasteiger partial charge in [0, 0.05) is 33.4 Å². The van der Waals surface area contributed by atoms with Crippen LogP contribution in [0.15, 0.2) is 24.3 Å². The van der Waals surface area contributed by atoms with E-state index in [1.54, 1.807) is 7.05 Å². The van der Waals surface area contributed by atoms with Gasteiger partial charge in [-0.25, -0.2) is 4.79 Å². The zero-order valence-corrected chi connectivity index (χ0v) is 18.7. The summed E-state index contributed by atoms with van der Waals surface area (Å²) < 4.78 is 5.15. The highest BCUT2D eigenvalue weighted by atomic mass is 16.5. The molecule has 0 N–H and O–H groups in total. The Balaban J connectivity index is 1.51. The van der Waals surface area contributed by atoms with Crippen molar-refractivity contribution in [3.05, 3.63) is 29.8 Å². The predicted molar refractivity (Wildman–Crippen MR) is 115 cm³/mol. The van der Waals surface area contributed by atoms with Crippen molar-refractivity contribution in [3.63, 3.8) is 0 Å². The van der Waals surface area contributed by atoms with Crippen molar-refractivity contribution in [2.75, 3.05) is 32.6 Å². The molecule has 2 fully saturated rings. The van der Waals surface area contributed by atoms with E-state index in [0.717, 1.165) is 29.0 Å². The molecule has 1 aliphatic heterocycles. The van der Waals surface area contributed by atoms with E-state index in [1.807, 2.05) is 43.3 Å². The maximum atomic E-state index is 12.6. The first-order chi connectivity index (χ1) is 14.7. The minimum Gasteiger partial charge on any atom is -0.454 e. The molecular formula is C23H31N3O5. The van der Waals surface area contributed by atoms with Crippen LogP contribution in [0.5, 0.6) is 0 Å². The Morgan fingerprint density at radius 2 is 1.58 bits per heavy atom. The van der Waals surface area contributed by atoms with Gasteiger partial charge in [-0.1, -0.05) is 25.0 Å². The monoisotopic (exact) mass is 429 g/mol. The minimum atomic E-state index is -1.03. The number of anilines is 1. The summed E-state index contributed by atoms with van der Waals surface area (Å²) in [7, 11) is 5.55. The van der Waals surface area contributed by atoms with E-state index >= 15 is 0 Å². The Morgan fingerprint density at radius 3 is 2.10 bits per heavy atom. The molecule has 3 atom stereocenters. The van der Waals surface area contributed by atoms with Gasteiger partial charge < -0.3 is 14.5 Å². The number of likely N-dealkylation sites (tertiary alicyclic amines) is 1. The fraction of sp³-hybridized carbons (Fsp3) is 0.565. The third kappa shape index (κ3) is 4.89. The zero-order chi connectivity index (χ0) is 22.7. The maximum absolute atomic E-state index is 12.6. The number of amides is 3. The summed E-state index contributed by atoms with van der Waals surface area (Å²) in [6.07, 6.45) is 3.22. The van der Waals surface area contributed by atoms with Crippen LogP contribution in [0.2, 0.25) is 0 Å². The van der Waals surface area contributed by atoms with Crippen molar-refractivity contribution in [1.29, 1.82) is 0 Å². The highest BCUT2D eigenvalue weighted by Crippen LogP contribution is 2.38. The molecule has 1 aliphatic carbocycles. The summed E-state index contributed by atoms with van der Waals surface area (Å²) in [5.41, 5.74) is 2.02. The number of fused-ring (bicyclic) bond motifs is 1. The van der Waals surface area contributed by atoms with Gasteiger partial charge in [-0.2, -0.15) is 0 Å². The molecule has 1 aromatic rings. The van der Waals surface area contributed by atoms with Crippen molar-refractivity contribution in [2.24, 2.45) is 11.8 Å². The Labute approximate surface area is 183 Å². The second-order valence-electron chi connectivity index (χ2n) is 8.64. The van der Waals surface area contributed by atoms with Crippen molar-refractivity contribution < 1.29 is 23.9 Å². The Hall–Kier alpha value is -2.90. The highest BCUT2D eigenvalue weighted by molar-refractivity contribution is 6.07. The summed E-state index contributed by atoms with van der Waals surface area (Å²) >= 11 is 0. The van der Waals surface area contributed by atoms with E-state index in [4.69, 9.17) is 4.74 Å². The molecule has 0 unspecified atom stereocenters. The van der Waals surface area contributed by atoms with Gasteiger partial charge in [-0.3, -0.25) is 19.3 Å². The van der Waals surface area contributed by atoms with Crippen LogP contribution >= 0.6 is 0 Å². The molecule has 3 rings (SSSR count). The third-order valence-electron chi connectivity index (χ3n) is 6.24. The number of esters is 1. The second-order valence-corrected chi connectivity index (χ2v) is 8.64. The molecule has 8 nitrogen and oxygen atoms in total. The summed E-state index contributed by atoms with van der Waals surface area (Å²) in [5, 5.41) is 0. The molecule has 1 aromatic carbocycles. The normalized spacial score (nSPS) is 21.5. The second kappa shape index (κ2) is 9.49. The standard InChI is InChI=1S/C23H31N3O5/c1-15(26-21(28)18-7-5-6-8-19(18)22(26)29)23(30)31-14-20(27)25(4)13-16-9-11-17(12-10-16)24(2)3/h9-12,15,18-19H,5-8,13-14H2,1-4H3/t15-,18+,19+/m0/s1. The zero-order valence-electron chi connectivity index (χ0n) is 18.7. The average molecular weight is 430 g/mol. The van der Waals surface area contributed by atoms with E-state index in [9.17, 15) is 19.2 Å². The number of rotatable bonds is 7. The van der Waals surface area contributed by atoms with Crippen molar-refractivity contribution >= 4 is 29.4 Å². The Kier molecular flexibility index (Phi) is 6.97. The average Bonchev–Trinajstić information content (AvgIpc) is 3.02. The largest absolute Gasteiger partial charge is 0.454 e. The molecule has 2 aliphatic rings. The molecule has 31 heavy (non-hydrogen) atoms. The van der Waals surface area contributed by atoms with Crippen LogP contribution in [0.3, 0.4) is 0 Å². The molecule has 0 aromatic heterocycles. The smallest absolute Gasteiger partial charge is 0.329 e. The summed E-state index contributed by atoms with van der Waals surface area (Å²) in [6, 6.07) is 6.80. The molecule has 0 bridgehead atoms. The molecule has 3 amide bonds. The number of hydrogen-bond donors (Lipinski definition) is 0. The van der Waals surface area contributed by atoms with Gasteiger partial charge in [0.2, 0.25) is 11.8 Å². The number of benzene rings is 1. The van der Waals surface area contributed by atoms with Gasteiger partial charge in [-0.15, -0.1) is 0 Å². The van der Waals surface area contributed by atoms with Crippen molar-refractivity contribution in [3.8, 4) is 0 Å². The molecular weight excluding hydrogens is 398 g/mol. The topological polar surface area (TPSA) is 87.2 Å². The Morgan fingerprint density at radius 1 is 1.03 bits per heavy atom. The van der Waals surface area contributed by atoms with Crippen LogP contribution in [0, 0.1) is 11.8 Å². The van der Waals surface area contributed by atoms with Crippen LogP contribution in [-0.2, 0) is 30.5 Å². The van der Waals surface area contributed by atoms with Crippen molar-refractivity contribution in [2.45, 2.75) is 45.2 Å². The highest BCUT2D eigenvalue weighted by Gasteiger charge is 2.51. The quantitative estimate of drug-likeness (QED) is 0.485. The van der Waals surface area contributed by atoms with Gasteiger partial charge in [0.25, 0.3) is 5.91 Å². The van der Waals surface area contributed by atoms with E-state index in [-0.39, 0.29) is 29.6 Å².